The van der Waals surface area contributed by atoms with Crippen LogP contribution in [0.5, 0.6) is 0 Å². The zero-order valence-corrected chi connectivity index (χ0v) is 16.1. The summed E-state index contributed by atoms with van der Waals surface area (Å²) in [7, 11) is 10.3. The van der Waals surface area contributed by atoms with Gasteiger partial charge in [-0.15, -0.1) is 0 Å². The monoisotopic (exact) mass is 334 g/mol. The van der Waals surface area contributed by atoms with Gasteiger partial charge < -0.3 is 27.8 Å². The van der Waals surface area contributed by atoms with Crippen LogP contribution in [0, 0.1) is 6.42 Å². The minimum atomic E-state index is -2.46. The van der Waals surface area contributed by atoms with E-state index in [0.29, 0.717) is 19.8 Å². The Bertz CT molecular complexity index is 292. The van der Waals surface area contributed by atoms with E-state index in [1.165, 1.54) is 0 Å². The van der Waals surface area contributed by atoms with Crippen molar-refractivity contribution in [3.63, 3.8) is 0 Å². The van der Waals surface area contributed by atoms with Gasteiger partial charge in [0.25, 0.3) is 0 Å². The van der Waals surface area contributed by atoms with Crippen LogP contribution >= 0.6 is 0 Å². The summed E-state index contributed by atoms with van der Waals surface area (Å²) in [6.07, 6.45) is 2.86. The highest BCUT2D eigenvalue weighted by molar-refractivity contribution is 6.60. The lowest BCUT2D eigenvalue weighted by molar-refractivity contribution is 0.112. The molecule has 0 bridgehead atoms. The van der Waals surface area contributed by atoms with Gasteiger partial charge in [-0.1, -0.05) is 0 Å². The molecule has 0 aliphatic carbocycles. The van der Waals surface area contributed by atoms with Gasteiger partial charge in [-0.05, 0) is 6.42 Å². The van der Waals surface area contributed by atoms with Crippen molar-refractivity contribution in [1.29, 1.82) is 0 Å². The SMILES string of the molecule is CO[Si](CCCOC[CH]CN=C(N(C)C)N(C)C)(OC)OC. The Morgan fingerprint density at radius 1 is 1.00 bits per heavy atom. The van der Waals surface area contributed by atoms with E-state index in [0.717, 1.165) is 18.4 Å². The van der Waals surface area contributed by atoms with Crippen molar-refractivity contribution in [2.45, 2.75) is 12.5 Å². The van der Waals surface area contributed by atoms with Crippen LogP contribution in [0.3, 0.4) is 0 Å². The van der Waals surface area contributed by atoms with Crippen molar-refractivity contribution >= 4 is 14.8 Å². The predicted molar refractivity (Wildman–Crippen MR) is 91.0 cm³/mol. The lowest BCUT2D eigenvalue weighted by atomic mass is 10.4. The van der Waals surface area contributed by atoms with Crippen LogP contribution in [-0.4, -0.2) is 93.8 Å². The number of nitrogens with zero attached hydrogens (tertiary/aromatic N) is 3. The zero-order chi connectivity index (χ0) is 17.0. The highest BCUT2D eigenvalue weighted by Crippen LogP contribution is 2.14. The average molecular weight is 335 g/mol. The van der Waals surface area contributed by atoms with E-state index in [1.807, 2.05) is 44.4 Å². The maximum atomic E-state index is 5.57. The second-order valence-corrected chi connectivity index (χ2v) is 8.28. The maximum absolute atomic E-state index is 5.57. The van der Waals surface area contributed by atoms with Crippen LogP contribution < -0.4 is 0 Å². The van der Waals surface area contributed by atoms with E-state index in [2.05, 4.69) is 4.99 Å². The highest BCUT2D eigenvalue weighted by atomic mass is 28.4. The van der Waals surface area contributed by atoms with E-state index in [1.54, 1.807) is 21.3 Å². The van der Waals surface area contributed by atoms with Gasteiger partial charge in [0.05, 0.1) is 6.61 Å². The highest BCUT2D eigenvalue weighted by Gasteiger charge is 2.36. The van der Waals surface area contributed by atoms with Gasteiger partial charge in [0, 0.05) is 75.1 Å². The lowest BCUT2D eigenvalue weighted by Crippen LogP contribution is -2.42. The molecule has 1 radical (unpaired) electrons. The molecule has 7 nitrogen and oxygen atoms in total. The number of ether oxygens (including phenoxy) is 1. The molecule has 131 valence electrons. The number of rotatable bonds is 11. The smallest absolute Gasteiger partial charge is 0.381 e. The number of aliphatic imine (C=N–C) groups is 1. The summed E-state index contributed by atoms with van der Waals surface area (Å²) in [5.74, 6) is 0.937. The number of guanidine groups is 1. The second-order valence-electron chi connectivity index (χ2n) is 5.19. The van der Waals surface area contributed by atoms with Crippen LogP contribution in [0.2, 0.25) is 6.04 Å². The zero-order valence-electron chi connectivity index (χ0n) is 15.1. The first kappa shape index (κ1) is 21.3. The molecule has 0 spiro atoms. The molecule has 0 rings (SSSR count). The van der Waals surface area contributed by atoms with E-state index in [9.17, 15) is 0 Å². The molecule has 8 heteroatoms. The first-order valence-electron chi connectivity index (χ1n) is 7.36. The van der Waals surface area contributed by atoms with Crippen molar-refractivity contribution in [3.05, 3.63) is 6.42 Å². The van der Waals surface area contributed by atoms with Crippen molar-refractivity contribution in [3.8, 4) is 0 Å². The van der Waals surface area contributed by atoms with Crippen molar-refractivity contribution in [1.82, 2.24) is 9.80 Å². The van der Waals surface area contributed by atoms with Gasteiger partial charge in [0.2, 0.25) is 0 Å². The van der Waals surface area contributed by atoms with Crippen molar-refractivity contribution < 1.29 is 18.0 Å². The molecule has 0 aromatic heterocycles. The Morgan fingerprint density at radius 2 is 1.55 bits per heavy atom. The molecule has 0 atom stereocenters. The molecular formula is C14H32N3O4Si. The topological polar surface area (TPSA) is 55.8 Å². The molecule has 0 aliphatic rings. The van der Waals surface area contributed by atoms with E-state index in [4.69, 9.17) is 18.0 Å². The third-order valence-electron chi connectivity index (χ3n) is 3.10. The van der Waals surface area contributed by atoms with Gasteiger partial charge in [-0.3, -0.25) is 4.99 Å². The van der Waals surface area contributed by atoms with Crippen molar-refractivity contribution in [2.24, 2.45) is 4.99 Å². The fraction of sp³-hybridized carbons (Fsp3) is 0.857. The van der Waals surface area contributed by atoms with Gasteiger partial charge in [-0.25, -0.2) is 0 Å². The van der Waals surface area contributed by atoms with Crippen LogP contribution in [0.4, 0.5) is 0 Å². The van der Waals surface area contributed by atoms with Gasteiger partial charge in [-0.2, -0.15) is 0 Å². The predicted octanol–water partition coefficient (Wildman–Crippen LogP) is 0.955. The molecule has 0 fully saturated rings. The Balaban J connectivity index is 3.81. The van der Waals surface area contributed by atoms with E-state index >= 15 is 0 Å². The number of hydrogen-bond donors (Lipinski definition) is 0. The molecule has 0 aromatic rings. The lowest BCUT2D eigenvalue weighted by Gasteiger charge is -2.24. The Hall–Kier alpha value is -0.673. The van der Waals surface area contributed by atoms with Crippen LogP contribution in [0.1, 0.15) is 6.42 Å². The first-order valence-corrected chi connectivity index (χ1v) is 9.29. The molecule has 0 heterocycles. The van der Waals surface area contributed by atoms with Gasteiger partial charge >= 0.3 is 8.80 Å². The first-order chi connectivity index (χ1) is 10.4. The quantitative estimate of drug-likeness (QED) is 0.243. The van der Waals surface area contributed by atoms with Crippen LogP contribution in [0.15, 0.2) is 4.99 Å². The van der Waals surface area contributed by atoms with E-state index < -0.39 is 8.80 Å². The minimum absolute atomic E-state index is 0.582. The summed E-state index contributed by atoms with van der Waals surface area (Å²) >= 11 is 0. The van der Waals surface area contributed by atoms with Crippen LogP contribution in [-0.2, 0) is 18.0 Å². The fourth-order valence-electron chi connectivity index (χ4n) is 2.00. The summed E-state index contributed by atoms with van der Waals surface area (Å²) in [4.78, 5) is 8.47. The van der Waals surface area contributed by atoms with Gasteiger partial charge in [0.1, 0.15) is 0 Å². The summed E-state index contributed by atoms with van der Waals surface area (Å²) in [6.45, 7) is 1.87. The summed E-state index contributed by atoms with van der Waals surface area (Å²) in [5, 5.41) is 0. The number of hydrogen-bond acceptors (Lipinski definition) is 5. The summed E-state index contributed by atoms with van der Waals surface area (Å²) < 4.78 is 21.6. The van der Waals surface area contributed by atoms with Crippen LogP contribution in [0.25, 0.3) is 0 Å². The fourth-order valence-corrected chi connectivity index (χ4v) is 3.69. The average Bonchev–Trinajstić information content (AvgIpc) is 2.49. The second kappa shape index (κ2) is 11.8. The van der Waals surface area contributed by atoms with Gasteiger partial charge in [0.15, 0.2) is 5.96 Å². The summed E-state index contributed by atoms with van der Waals surface area (Å²) in [5.41, 5.74) is 0. The van der Waals surface area contributed by atoms with E-state index in [-0.39, 0.29) is 0 Å². The summed E-state index contributed by atoms with van der Waals surface area (Å²) in [6, 6.07) is 0.750. The molecule has 0 aromatic carbocycles. The van der Waals surface area contributed by atoms with Crippen molar-refractivity contribution in [2.75, 3.05) is 69.3 Å². The molecule has 0 N–H and O–H groups in total. The molecule has 0 amide bonds. The molecular weight excluding hydrogens is 302 g/mol. The normalized spacial score (nSPS) is 11.4. The molecule has 22 heavy (non-hydrogen) atoms. The third-order valence-corrected chi connectivity index (χ3v) is 5.93. The Labute approximate surface area is 136 Å². The molecule has 0 aliphatic heterocycles. The molecule has 0 saturated heterocycles. The maximum Gasteiger partial charge on any atom is 0.500 e. The Morgan fingerprint density at radius 3 is 2.00 bits per heavy atom. The molecule has 0 unspecified atom stereocenters. The Kier molecular flexibility index (Phi) is 11.5. The largest absolute Gasteiger partial charge is 0.500 e. The standard InChI is InChI=1S/C14H32N3O4Si/c1-16(2)14(17(3)4)15-10-8-11-21-12-9-13-22(18-5,19-6)20-7/h8H,9-13H2,1-7H3. The molecule has 0 saturated carbocycles. The minimum Gasteiger partial charge on any atom is -0.381 e. The third kappa shape index (κ3) is 8.09.